The van der Waals surface area contributed by atoms with Crippen molar-refractivity contribution in [2.24, 2.45) is 5.92 Å². The molecule has 9 heteroatoms. The van der Waals surface area contributed by atoms with Crippen molar-refractivity contribution < 1.29 is 23.9 Å². The van der Waals surface area contributed by atoms with Crippen molar-refractivity contribution in [1.82, 2.24) is 19.9 Å². The Kier molecular flexibility index (Phi) is 6.67. The Hall–Kier alpha value is -3.85. The number of rotatable bonds is 11. The predicted molar refractivity (Wildman–Crippen MR) is 125 cm³/mol. The van der Waals surface area contributed by atoms with Gasteiger partial charge in [-0.05, 0) is 42.7 Å². The quantitative estimate of drug-likeness (QED) is 0.394. The lowest BCUT2D eigenvalue weighted by atomic mass is 9.98. The summed E-state index contributed by atoms with van der Waals surface area (Å²) >= 11 is 0. The highest BCUT2D eigenvalue weighted by Crippen LogP contribution is 2.33. The maximum atomic E-state index is 12.8. The minimum atomic E-state index is -0.638. The molecule has 180 valence electrons. The van der Waals surface area contributed by atoms with Crippen LogP contribution in [-0.2, 0) is 33.9 Å². The summed E-state index contributed by atoms with van der Waals surface area (Å²) in [6.07, 6.45) is 4.84. The van der Waals surface area contributed by atoms with Gasteiger partial charge in [-0.2, -0.15) is 0 Å². The van der Waals surface area contributed by atoms with Crippen LogP contribution in [-0.4, -0.2) is 57.6 Å². The van der Waals surface area contributed by atoms with Gasteiger partial charge in [0, 0.05) is 23.5 Å². The highest BCUT2D eigenvalue weighted by Gasteiger charge is 2.34. The smallest absolute Gasteiger partial charge is 0.255 e. The average molecular weight is 475 g/mol. The summed E-state index contributed by atoms with van der Waals surface area (Å²) in [5.41, 5.74) is 4.08. The van der Waals surface area contributed by atoms with E-state index in [1.54, 1.807) is 22.9 Å². The van der Waals surface area contributed by atoms with E-state index in [0.29, 0.717) is 29.3 Å². The zero-order chi connectivity index (χ0) is 24.2. The van der Waals surface area contributed by atoms with Crippen molar-refractivity contribution in [3.8, 4) is 11.4 Å². The molecule has 3 heterocycles. The Labute approximate surface area is 202 Å². The van der Waals surface area contributed by atoms with E-state index >= 15 is 0 Å². The lowest BCUT2D eigenvalue weighted by molar-refractivity contribution is -0.112. The molecule has 1 unspecified atom stereocenters. The Morgan fingerprint density at radius 3 is 2.69 bits per heavy atom. The molecule has 0 N–H and O–H groups in total. The van der Waals surface area contributed by atoms with Gasteiger partial charge in [0.05, 0.1) is 37.7 Å². The first-order valence-corrected chi connectivity index (χ1v) is 11.7. The molecule has 0 spiro atoms. The molecule has 9 nitrogen and oxygen atoms in total. The van der Waals surface area contributed by atoms with Crippen LogP contribution in [0.2, 0.25) is 0 Å². The fraction of sp³-hybridized carbons (Fsp3) is 0.346. The van der Waals surface area contributed by atoms with Crippen molar-refractivity contribution >= 4 is 18.5 Å². The lowest BCUT2D eigenvalue weighted by Crippen LogP contribution is -2.36. The van der Waals surface area contributed by atoms with Gasteiger partial charge < -0.3 is 24.0 Å². The van der Waals surface area contributed by atoms with Gasteiger partial charge in [0.2, 0.25) is 0 Å². The van der Waals surface area contributed by atoms with Gasteiger partial charge in [-0.3, -0.25) is 4.79 Å². The zero-order valence-electron chi connectivity index (χ0n) is 19.2. The summed E-state index contributed by atoms with van der Waals surface area (Å²) in [6, 6.07) is 12.9. The van der Waals surface area contributed by atoms with Crippen LogP contribution in [0.4, 0.5) is 0 Å². The molecule has 2 aliphatic rings. The van der Waals surface area contributed by atoms with Crippen molar-refractivity contribution in [2.45, 2.75) is 38.5 Å². The number of aromatic nitrogens is 3. The standard InChI is InChI=1S/C26H26N4O5/c31-10-2-3-22(14-32)29-13-24-23(26(29)33)4-1-5-25(24)35-17-20-12-30(28-27-20)21-8-6-18(7-9-21)11-19-15-34-16-19/h1,4-10,12,14,19,22H,2-3,11,13,15-17H2. The van der Waals surface area contributed by atoms with Gasteiger partial charge >= 0.3 is 0 Å². The average Bonchev–Trinajstić information content (AvgIpc) is 3.46. The Bertz CT molecular complexity index is 1220. The van der Waals surface area contributed by atoms with Gasteiger partial charge in [0.25, 0.3) is 5.91 Å². The fourth-order valence-electron chi connectivity index (χ4n) is 4.43. The van der Waals surface area contributed by atoms with E-state index < -0.39 is 6.04 Å². The molecule has 0 aliphatic carbocycles. The molecule has 1 saturated heterocycles. The molecule has 1 fully saturated rings. The van der Waals surface area contributed by atoms with E-state index in [0.717, 1.165) is 43.5 Å². The molecular weight excluding hydrogens is 448 g/mol. The second-order valence-corrected chi connectivity index (χ2v) is 8.88. The topological polar surface area (TPSA) is 104 Å². The molecule has 1 aromatic heterocycles. The lowest BCUT2D eigenvalue weighted by Gasteiger charge is -2.25. The number of carbonyl (C=O) groups is 3. The van der Waals surface area contributed by atoms with Gasteiger partial charge in [-0.15, -0.1) is 5.10 Å². The molecule has 1 atom stereocenters. The summed E-state index contributed by atoms with van der Waals surface area (Å²) in [6.45, 7) is 2.12. The number of hydrogen-bond acceptors (Lipinski definition) is 7. The van der Waals surface area contributed by atoms with E-state index in [9.17, 15) is 14.4 Å². The van der Waals surface area contributed by atoms with E-state index in [-0.39, 0.29) is 25.5 Å². The predicted octanol–water partition coefficient (Wildman–Crippen LogP) is 2.54. The minimum absolute atomic E-state index is 0.187. The number of benzene rings is 2. The van der Waals surface area contributed by atoms with Crippen LogP contribution in [0.5, 0.6) is 5.75 Å². The number of nitrogens with zero attached hydrogens (tertiary/aromatic N) is 4. The number of fused-ring (bicyclic) bond motifs is 1. The van der Waals surface area contributed by atoms with E-state index in [4.69, 9.17) is 9.47 Å². The highest BCUT2D eigenvalue weighted by molar-refractivity contribution is 6.00. The summed E-state index contributed by atoms with van der Waals surface area (Å²) in [4.78, 5) is 36.6. The minimum Gasteiger partial charge on any atom is -0.487 e. The van der Waals surface area contributed by atoms with Crippen molar-refractivity contribution in [1.29, 1.82) is 0 Å². The fourth-order valence-corrected chi connectivity index (χ4v) is 4.43. The second-order valence-electron chi connectivity index (χ2n) is 8.88. The molecule has 35 heavy (non-hydrogen) atoms. The zero-order valence-corrected chi connectivity index (χ0v) is 19.2. The van der Waals surface area contributed by atoms with Crippen molar-refractivity contribution in [3.63, 3.8) is 0 Å². The Morgan fingerprint density at radius 2 is 1.97 bits per heavy atom. The van der Waals surface area contributed by atoms with Gasteiger partial charge in [-0.1, -0.05) is 23.4 Å². The van der Waals surface area contributed by atoms with Crippen LogP contribution >= 0.6 is 0 Å². The summed E-state index contributed by atoms with van der Waals surface area (Å²) in [5.74, 6) is 0.948. The first-order valence-electron chi connectivity index (χ1n) is 11.7. The normalized spacial score (nSPS) is 16.0. The SMILES string of the molecule is O=CCCC(C=O)N1Cc2c(OCc3cn(-c4ccc(CC5COC5)cc4)nn3)cccc2C1=O. The first-order chi connectivity index (χ1) is 17.2. The number of carbonyl (C=O) groups excluding carboxylic acids is 3. The highest BCUT2D eigenvalue weighted by atomic mass is 16.5. The maximum Gasteiger partial charge on any atom is 0.255 e. The van der Waals surface area contributed by atoms with Crippen LogP contribution in [0.25, 0.3) is 5.69 Å². The first kappa shape index (κ1) is 22.9. The van der Waals surface area contributed by atoms with Crippen LogP contribution in [0, 0.1) is 5.92 Å². The number of aldehydes is 2. The van der Waals surface area contributed by atoms with Crippen molar-refractivity contribution in [3.05, 3.63) is 71.0 Å². The van der Waals surface area contributed by atoms with Gasteiger partial charge in [0.15, 0.2) is 0 Å². The number of ether oxygens (including phenoxy) is 2. The number of amides is 1. The monoisotopic (exact) mass is 474 g/mol. The number of hydrogen-bond donors (Lipinski definition) is 0. The molecule has 0 bridgehead atoms. The van der Waals surface area contributed by atoms with Gasteiger partial charge in [-0.25, -0.2) is 4.68 Å². The Balaban J connectivity index is 1.23. The van der Waals surface area contributed by atoms with Crippen LogP contribution in [0.15, 0.2) is 48.7 Å². The van der Waals surface area contributed by atoms with Crippen LogP contribution in [0.1, 0.15) is 40.0 Å². The summed E-state index contributed by atoms with van der Waals surface area (Å²) in [5, 5.41) is 8.43. The molecule has 2 aliphatic heterocycles. The molecule has 1 amide bonds. The Morgan fingerprint density at radius 1 is 1.14 bits per heavy atom. The third-order valence-corrected chi connectivity index (χ3v) is 6.44. The third-order valence-electron chi connectivity index (χ3n) is 6.44. The van der Waals surface area contributed by atoms with E-state index in [1.807, 2.05) is 18.3 Å². The summed E-state index contributed by atoms with van der Waals surface area (Å²) < 4.78 is 13.0. The molecular formula is C26H26N4O5. The molecule has 3 aromatic rings. The summed E-state index contributed by atoms with van der Waals surface area (Å²) in [7, 11) is 0. The van der Waals surface area contributed by atoms with Crippen LogP contribution in [0.3, 0.4) is 0 Å². The maximum absolute atomic E-state index is 12.8. The molecule has 0 saturated carbocycles. The van der Waals surface area contributed by atoms with E-state index in [1.165, 1.54) is 10.5 Å². The molecule has 2 aromatic carbocycles. The molecule has 5 rings (SSSR count). The molecule has 0 radical (unpaired) electrons. The van der Waals surface area contributed by atoms with Crippen LogP contribution < -0.4 is 4.74 Å². The van der Waals surface area contributed by atoms with Crippen molar-refractivity contribution in [2.75, 3.05) is 13.2 Å². The largest absolute Gasteiger partial charge is 0.487 e. The second kappa shape index (κ2) is 10.2. The van der Waals surface area contributed by atoms with Gasteiger partial charge in [0.1, 0.15) is 30.6 Å². The van der Waals surface area contributed by atoms with E-state index in [2.05, 4.69) is 22.4 Å². The third kappa shape index (κ3) is 4.85.